The van der Waals surface area contributed by atoms with Crippen molar-refractivity contribution in [3.05, 3.63) is 29.8 Å². The molecule has 0 aromatic heterocycles. The molecular weight excluding hydrogens is 234 g/mol. The molecule has 1 aliphatic rings. The monoisotopic (exact) mass is 251 g/mol. The number of thiol groups is 1. The maximum atomic E-state index is 12.2. The summed E-state index contributed by atoms with van der Waals surface area (Å²) < 4.78 is 5.32. The number of carbonyl (C=O) groups is 1. The van der Waals surface area contributed by atoms with Crippen LogP contribution in [0, 0.1) is 0 Å². The molecule has 1 aliphatic heterocycles. The number of rotatable bonds is 2. The second-order valence-corrected chi connectivity index (χ2v) is 4.81. The van der Waals surface area contributed by atoms with Crippen LogP contribution in [0.15, 0.2) is 29.2 Å². The molecule has 1 atom stereocenters. The molecule has 1 saturated heterocycles. The van der Waals surface area contributed by atoms with Gasteiger partial charge in [-0.05, 0) is 37.1 Å². The largest absolute Gasteiger partial charge is 0.380 e. The molecule has 4 heteroatoms. The van der Waals surface area contributed by atoms with Crippen LogP contribution in [0.2, 0.25) is 0 Å². The zero-order valence-corrected chi connectivity index (χ0v) is 10.8. The average molecular weight is 251 g/mol. The van der Waals surface area contributed by atoms with E-state index in [2.05, 4.69) is 12.6 Å². The van der Waals surface area contributed by atoms with Crippen molar-refractivity contribution in [1.29, 1.82) is 0 Å². The van der Waals surface area contributed by atoms with E-state index >= 15 is 0 Å². The lowest BCUT2D eigenvalue weighted by atomic mass is 10.1. The second kappa shape index (κ2) is 5.56. The van der Waals surface area contributed by atoms with E-state index in [1.807, 2.05) is 29.2 Å². The Balaban J connectivity index is 2.06. The first-order valence-electron chi connectivity index (χ1n) is 5.82. The molecule has 3 nitrogen and oxygen atoms in total. The van der Waals surface area contributed by atoms with E-state index < -0.39 is 0 Å². The Morgan fingerprint density at radius 1 is 1.41 bits per heavy atom. The van der Waals surface area contributed by atoms with Gasteiger partial charge in [-0.2, -0.15) is 0 Å². The summed E-state index contributed by atoms with van der Waals surface area (Å²) in [4.78, 5) is 15.0. The quantitative estimate of drug-likeness (QED) is 0.817. The highest BCUT2D eigenvalue weighted by Crippen LogP contribution is 2.16. The van der Waals surface area contributed by atoms with Gasteiger partial charge in [0.25, 0.3) is 5.91 Å². The van der Waals surface area contributed by atoms with Gasteiger partial charge in [-0.15, -0.1) is 12.6 Å². The van der Waals surface area contributed by atoms with Gasteiger partial charge < -0.3 is 9.64 Å². The second-order valence-electron chi connectivity index (χ2n) is 4.30. The molecule has 1 heterocycles. The van der Waals surface area contributed by atoms with E-state index in [9.17, 15) is 4.79 Å². The van der Waals surface area contributed by atoms with Crippen molar-refractivity contribution in [3.63, 3.8) is 0 Å². The molecule has 1 unspecified atom stereocenters. The lowest BCUT2D eigenvalue weighted by molar-refractivity contribution is 0.0269. The highest BCUT2D eigenvalue weighted by atomic mass is 32.1. The Morgan fingerprint density at radius 3 is 2.76 bits per heavy atom. The van der Waals surface area contributed by atoms with Gasteiger partial charge in [-0.1, -0.05) is 0 Å². The topological polar surface area (TPSA) is 29.5 Å². The normalized spacial score (nSPS) is 20.4. The highest BCUT2D eigenvalue weighted by molar-refractivity contribution is 7.80. The zero-order valence-electron chi connectivity index (χ0n) is 9.93. The standard InChI is InChI=1S/C13H17NO2S/c1-16-11-3-2-8-14(9-11)13(15)10-4-6-12(17)7-5-10/h4-7,11,17H,2-3,8-9H2,1H3. The molecule has 1 amide bonds. The maximum Gasteiger partial charge on any atom is 0.253 e. The van der Waals surface area contributed by atoms with Crippen molar-refractivity contribution in [2.45, 2.75) is 23.8 Å². The van der Waals surface area contributed by atoms with Crippen LogP contribution in [0.1, 0.15) is 23.2 Å². The number of carbonyl (C=O) groups excluding carboxylic acids is 1. The molecule has 0 bridgehead atoms. The summed E-state index contributed by atoms with van der Waals surface area (Å²) in [6.45, 7) is 1.51. The smallest absolute Gasteiger partial charge is 0.253 e. The van der Waals surface area contributed by atoms with Crippen molar-refractivity contribution in [3.8, 4) is 0 Å². The van der Waals surface area contributed by atoms with E-state index in [0.717, 1.165) is 29.8 Å². The van der Waals surface area contributed by atoms with E-state index in [4.69, 9.17) is 4.74 Å². The Labute approximate surface area is 107 Å². The SMILES string of the molecule is COC1CCCN(C(=O)c2ccc(S)cc2)C1. The fourth-order valence-electron chi connectivity index (χ4n) is 2.10. The predicted molar refractivity (Wildman–Crippen MR) is 69.6 cm³/mol. The lowest BCUT2D eigenvalue weighted by Crippen LogP contribution is -2.42. The van der Waals surface area contributed by atoms with Crippen LogP contribution in [0.5, 0.6) is 0 Å². The third kappa shape index (κ3) is 3.01. The van der Waals surface area contributed by atoms with Gasteiger partial charge >= 0.3 is 0 Å². The minimum absolute atomic E-state index is 0.0834. The van der Waals surface area contributed by atoms with Crippen LogP contribution in [-0.4, -0.2) is 37.1 Å². The van der Waals surface area contributed by atoms with Crippen LogP contribution >= 0.6 is 12.6 Å². The van der Waals surface area contributed by atoms with Crippen molar-refractivity contribution in [1.82, 2.24) is 4.90 Å². The van der Waals surface area contributed by atoms with Gasteiger partial charge in [0.05, 0.1) is 6.10 Å². The number of methoxy groups -OCH3 is 1. The first kappa shape index (κ1) is 12.5. The average Bonchev–Trinajstić information content (AvgIpc) is 2.39. The van der Waals surface area contributed by atoms with Gasteiger partial charge in [-0.25, -0.2) is 0 Å². The minimum atomic E-state index is 0.0834. The summed E-state index contributed by atoms with van der Waals surface area (Å²) in [6.07, 6.45) is 2.22. The molecular formula is C13H17NO2S. The Hall–Kier alpha value is -1.00. The highest BCUT2D eigenvalue weighted by Gasteiger charge is 2.23. The molecule has 1 aromatic rings. The number of nitrogens with zero attached hydrogens (tertiary/aromatic N) is 1. The third-order valence-corrected chi connectivity index (χ3v) is 3.41. The molecule has 0 radical (unpaired) electrons. The number of ether oxygens (including phenoxy) is 1. The molecule has 0 saturated carbocycles. The van der Waals surface area contributed by atoms with Crippen LogP contribution in [0.3, 0.4) is 0 Å². The summed E-state index contributed by atoms with van der Waals surface area (Å²) >= 11 is 4.21. The molecule has 0 spiro atoms. The fraction of sp³-hybridized carbons (Fsp3) is 0.462. The summed E-state index contributed by atoms with van der Waals surface area (Å²) in [5, 5.41) is 0. The van der Waals surface area contributed by atoms with Crippen molar-refractivity contribution < 1.29 is 9.53 Å². The van der Waals surface area contributed by atoms with Crippen LogP contribution in [0.4, 0.5) is 0 Å². The van der Waals surface area contributed by atoms with E-state index in [-0.39, 0.29) is 12.0 Å². The summed E-state index contributed by atoms with van der Waals surface area (Å²) in [5.41, 5.74) is 0.722. The first-order chi connectivity index (χ1) is 8.20. The molecule has 92 valence electrons. The number of hydrogen-bond donors (Lipinski definition) is 1. The number of likely N-dealkylation sites (tertiary alicyclic amines) is 1. The van der Waals surface area contributed by atoms with Crippen LogP contribution in [0.25, 0.3) is 0 Å². The minimum Gasteiger partial charge on any atom is -0.380 e. The fourth-order valence-corrected chi connectivity index (χ4v) is 2.25. The Bertz CT molecular complexity index is 391. The summed E-state index contributed by atoms with van der Waals surface area (Å²) in [7, 11) is 1.70. The Morgan fingerprint density at radius 2 is 2.12 bits per heavy atom. The van der Waals surface area contributed by atoms with E-state index in [1.165, 1.54) is 0 Å². The molecule has 2 rings (SSSR count). The van der Waals surface area contributed by atoms with Gasteiger partial charge in [0, 0.05) is 30.7 Å². The van der Waals surface area contributed by atoms with Gasteiger partial charge in [0.15, 0.2) is 0 Å². The van der Waals surface area contributed by atoms with Gasteiger partial charge in [0.1, 0.15) is 0 Å². The number of amides is 1. The molecule has 1 fully saturated rings. The maximum absolute atomic E-state index is 12.2. The zero-order chi connectivity index (χ0) is 12.3. The summed E-state index contributed by atoms with van der Waals surface area (Å²) in [6, 6.07) is 7.32. The predicted octanol–water partition coefficient (Wildman–Crippen LogP) is 2.23. The van der Waals surface area contributed by atoms with Crippen molar-refractivity contribution >= 4 is 18.5 Å². The van der Waals surface area contributed by atoms with E-state index in [1.54, 1.807) is 7.11 Å². The van der Waals surface area contributed by atoms with Crippen molar-refractivity contribution in [2.24, 2.45) is 0 Å². The lowest BCUT2D eigenvalue weighted by Gasteiger charge is -2.32. The molecule has 17 heavy (non-hydrogen) atoms. The Kier molecular flexibility index (Phi) is 4.07. The number of hydrogen-bond acceptors (Lipinski definition) is 3. The van der Waals surface area contributed by atoms with Crippen molar-refractivity contribution in [2.75, 3.05) is 20.2 Å². The first-order valence-corrected chi connectivity index (χ1v) is 6.26. The van der Waals surface area contributed by atoms with E-state index in [0.29, 0.717) is 6.54 Å². The number of benzene rings is 1. The van der Waals surface area contributed by atoms with Gasteiger partial charge in [0.2, 0.25) is 0 Å². The molecule has 1 aromatic carbocycles. The summed E-state index contributed by atoms with van der Waals surface area (Å²) in [5.74, 6) is 0.0834. The van der Waals surface area contributed by atoms with Gasteiger partial charge in [-0.3, -0.25) is 4.79 Å². The van der Waals surface area contributed by atoms with Crippen LogP contribution < -0.4 is 0 Å². The van der Waals surface area contributed by atoms with Crippen LogP contribution in [-0.2, 0) is 4.74 Å². The molecule has 0 N–H and O–H groups in total. The number of piperidine rings is 1. The third-order valence-electron chi connectivity index (χ3n) is 3.11. The molecule has 0 aliphatic carbocycles.